The summed E-state index contributed by atoms with van der Waals surface area (Å²) >= 11 is 1.66. The molecule has 0 aromatic carbocycles. The minimum atomic E-state index is -0.0463. The van der Waals surface area contributed by atoms with E-state index in [9.17, 15) is 4.79 Å². The molecule has 0 aromatic rings. The van der Waals surface area contributed by atoms with E-state index in [2.05, 4.69) is 0 Å². The van der Waals surface area contributed by atoms with Crippen molar-refractivity contribution in [3.63, 3.8) is 0 Å². The quantitative estimate of drug-likeness (QED) is 0.430. The van der Waals surface area contributed by atoms with Gasteiger partial charge in [0.05, 0.1) is 6.61 Å². The third-order valence-corrected chi connectivity index (χ3v) is 2.51. The van der Waals surface area contributed by atoms with Crippen molar-refractivity contribution in [1.29, 1.82) is 0 Å². The fourth-order valence-corrected chi connectivity index (χ4v) is 1.32. The van der Waals surface area contributed by atoms with Gasteiger partial charge in [-0.15, -0.1) is 11.8 Å². The lowest BCUT2D eigenvalue weighted by Crippen LogP contribution is -2.11. The summed E-state index contributed by atoms with van der Waals surface area (Å²) in [6.45, 7) is 4.37. The summed E-state index contributed by atoms with van der Waals surface area (Å²) in [6, 6.07) is 0. The van der Waals surface area contributed by atoms with E-state index in [1.807, 2.05) is 13.8 Å². The zero-order valence-electron chi connectivity index (χ0n) is 5.59. The first-order chi connectivity index (χ1) is 4.25. The van der Waals surface area contributed by atoms with Crippen LogP contribution in [0, 0.1) is 0 Å². The molecule has 1 aliphatic rings. The van der Waals surface area contributed by atoms with Crippen molar-refractivity contribution >= 4 is 17.7 Å². The molecular formula is C6H10O2S. The normalized spacial score (nSPS) is 31.8. The van der Waals surface area contributed by atoms with Crippen LogP contribution >= 0.6 is 11.8 Å². The van der Waals surface area contributed by atoms with Gasteiger partial charge in [0.1, 0.15) is 5.25 Å². The van der Waals surface area contributed by atoms with E-state index in [1.165, 1.54) is 0 Å². The minimum absolute atomic E-state index is 0.0463. The van der Waals surface area contributed by atoms with Crippen molar-refractivity contribution in [2.45, 2.75) is 24.3 Å². The maximum absolute atomic E-state index is 10.8. The molecule has 1 fully saturated rings. The largest absolute Gasteiger partial charge is 0.465 e. The zero-order valence-corrected chi connectivity index (χ0v) is 6.40. The molecule has 0 radical (unpaired) electrons. The molecule has 1 heterocycles. The molecule has 2 nitrogen and oxygen atoms in total. The van der Waals surface area contributed by atoms with Gasteiger partial charge in [-0.25, -0.2) is 0 Å². The van der Waals surface area contributed by atoms with Gasteiger partial charge < -0.3 is 4.74 Å². The molecule has 0 N–H and O–H groups in total. The van der Waals surface area contributed by atoms with E-state index >= 15 is 0 Å². The van der Waals surface area contributed by atoms with Crippen LogP contribution in [0.1, 0.15) is 13.8 Å². The second-order valence-corrected chi connectivity index (χ2v) is 3.54. The molecule has 0 amide bonds. The Bertz CT molecular complexity index is 124. The van der Waals surface area contributed by atoms with Crippen molar-refractivity contribution < 1.29 is 9.53 Å². The Balaban J connectivity index is 2.20. The van der Waals surface area contributed by atoms with E-state index in [4.69, 9.17) is 4.74 Å². The van der Waals surface area contributed by atoms with Crippen LogP contribution in [0.2, 0.25) is 0 Å². The third kappa shape index (κ3) is 1.61. The number of hydrogen-bond acceptors (Lipinski definition) is 3. The number of rotatable bonds is 2. The topological polar surface area (TPSA) is 26.3 Å². The van der Waals surface area contributed by atoms with Gasteiger partial charge in [-0.1, -0.05) is 6.92 Å². The Morgan fingerprint density at radius 3 is 2.67 bits per heavy atom. The van der Waals surface area contributed by atoms with Crippen molar-refractivity contribution in [3.8, 4) is 0 Å². The van der Waals surface area contributed by atoms with E-state index in [0.29, 0.717) is 11.9 Å². The lowest BCUT2D eigenvalue weighted by molar-refractivity contribution is -0.141. The average molecular weight is 146 g/mol. The first-order valence-corrected chi connectivity index (χ1v) is 4.02. The Kier molecular flexibility index (Phi) is 2.01. The molecule has 0 spiro atoms. The lowest BCUT2D eigenvalue weighted by Gasteiger charge is -1.95. The molecular weight excluding hydrogens is 136 g/mol. The van der Waals surface area contributed by atoms with Gasteiger partial charge in [-0.05, 0) is 6.92 Å². The highest BCUT2D eigenvalue weighted by atomic mass is 32.2. The van der Waals surface area contributed by atoms with Crippen LogP contribution in [0.15, 0.2) is 0 Å². The van der Waals surface area contributed by atoms with Gasteiger partial charge in [0, 0.05) is 5.25 Å². The van der Waals surface area contributed by atoms with Crippen LogP contribution in [-0.2, 0) is 9.53 Å². The molecule has 1 saturated heterocycles. The van der Waals surface area contributed by atoms with Gasteiger partial charge in [0.15, 0.2) is 0 Å². The average Bonchev–Trinajstić information content (AvgIpc) is 2.47. The SMILES string of the molecule is CCOC(=O)[C@H]1S[C@@H]1C. The summed E-state index contributed by atoms with van der Waals surface area (Å²) < 4.78 is 4.78. The van der Waals surface area contributed by atoms with Crippen LogP contribution in [0.25, 0.3) is 0 Å². The summed E-state index contributed by atoms with van der Waals surface area (Å²) in [5.41, 5.74) is 0. The molecule has 9 heavy (non-hydrogen) atoms. The fourth-order valence-electron chi connectivity index (χ4n) is 0.657. The predicted octanol–water partition coefficient (Wildman–Crippen LogP) is 1.05. The van der Waals surface area contributed by atoms with Crippen molar-refractivity contribution in [2.75, 3.05) is 6.61 Å². The second kappa shape index (κ2) is 2.60. The molecule has 0 saturated carbocycles. The Morgan fingerprint density at radius 1 is 1.78 bits per heavy atom. The Hall–Kier alpha value is -0.180. The highest BCUT2D eigenvalue weighted by Gasteiger charge is 2.41. The van der Waals surface area contributed by atoms with Gasteiger partial charge in [0.2, 0.25) is 0 Å². The van der Waals surface area contributed by atoms with E-state index in [0.717, 1.165) is 0 Å². The molecule has 0 aliphatic carbocycles. The van der Waals surface area contributed by atoms with E-state index in [1.54, 1.807) is 11.8 Å². The Morgan fingerprint density at radius 2 is 2.33 bits per heavy atom. The Labute approximate surface area is 59.0 Å². The van der Waals surface area contributed by atoms with Crippen molar-refractivity contribution in [2.24, 2.45) is 0 Å². The summed E-state index contributed by atoms with van der Waals surface area (Å²) in [4.78, 5) is 10.8. The molecule has 1 aliphatic heterocycles. The monoisotopic (exact) mass is 146 g/mol. The molecule has 0 bridgehead atoms. The van der Waals surface area contributed by atoms with Crippen molar-refractivity contribution in [1.82, 2.24) is 0 Å². The summed E-state index contributed by atoms with van der Waals surface area (Å²) in [5.74, 6) is -0.0463. The van der Waals surface area contributed by atoms with Crippen LogP contribution in [0.5, 0.6) is 0 Å². The number of carbonyl (C=O) groups excluding carboxylic acids is 1. The predicted molar refractivity (Wildman–Crippen MR) is 37.5 cm³/mol. The molecule has 52 valence electrons. The maximum Gasteiger partial charge on any atom is 0.320 e. The van der Waals surface area contributed by atoms with Crippen LogP contribution < -0.4 is 0 Å². The fraction of sp³-hybridized carbons (Fsp3) is 0.833. The van der Waals surface area contributed by atoms with E-state index in [-0.39, 0.29) is 11.2 Å². The molecule has 2 atom stereocenters. The third-order valence-electron chi connectivity index (χ3n) is 1.23. The first-order valence-electron chi connectivity index (χ1n) is 3.07. The highest BCUT2D eigenvalue weighted by Crippen LogP contribution is 2.41. The number of thioether (sulfide) groups is 1. The molecule has 0 unspecified atom stereocenters. The highest BCUT2D eigenvalue weighted by molar-refractivity contribution is 8.08. The van der Waals surface area contributed by atoms with Crippen molar-refractivity contribution in [3.05, 3.63) is 0 Å². The lowest BCUT2D eigenvalue weighted by atomic mass is 10.3. The summed E-state index contributed by atoms with van der Waals surface area (Å²) in [6.07, 6.45) is 0. The minimum Gasteiger partial charge on any atom is -0.465 e. The number of carbonyl (C=O) groups is 1. The number of hydrogen-bond donors (Lipinski definition) is 0. The van der Waals surface area contributed by atoms with E-state index < -0.39 is 0 Å². The van der Waals surface area contributed by atoms with Crippen LogP contribution in [0.3, 0.4) is 0 Å². The molecule has 1 rings (SSSR count). The summed E-state index contributed by atoms with van der Waals surface area (Å²) in [5, 5.41) is 0.633. The smallest absolute Gasteiger partial charge is 0.320 e. The summed E-state index contributed by atoms with van der Waals surface area (Å²) in [7, 11) is 0. The van der Waals surface area contributed by atoms with Gasteiger partial charge in [0.25, 0.3) is 0 Å². The van der Waals surface area contributed by atoms with Crippen LogP contribution in [0.4, 0.5) is 0 Å². The standard InChI is InChI=1S/C6H10O2S/c1-3-8-6(7)5-4(2)9-5/h4-5H,3H2,1-2H3/t4-,5+/m1/s1. The zero-order chi connectivity index (χ0) is 6.85. The molecule has 3 heteroatoms. The first kappa shape index (κ1) is 6.93. The van der Waals surface area contributed by atoms with Crippen LogP contribution in [-0.4, -0.2) is 23.1 Å². The number of esters is 1. The second-order valence-electron chi connectivity index (χ2n) is 2.01. The van der Waals surface area contributed by atoms with Gasteiger partial charge in [-0.3, -0.25) is 4.79 Å². The maximum atomic E-state index is 10.8. The molecule has 0 aromatic heterocycles. The van der Waals surface area contributed by atoms with Gasteiger partial charge in [-0.2, -0.15) is 0 Å². The number of ether oxygens (including phenoxy) is 1. The van der Waals surface area contributed by atoms with Gasteiger partial charge >= 0.3 is 5.97 Å².